The van der Waals surface area contributed by atoms with E-state index in [0.717, 1.165) is 32.1 Å². The van der Waals surface area contributed by atoms with Gasteiger partial charge in [0.2, 0.25) is 5.88 Å². The SMILES string of the molecule is N=C(NCC1CCCCC1)c1c(O)nsc1Nc1cc(C(F)(F)F)cc(C(F)(F)F)c1. The van der Waals surface area contributed by atoms with E-state index in [2.05, 4.69) is 15.0 Å². The minimum Gasteiger partial charge on any atom is -0.492 e. The molecule has 0 radical (unpaired) electrons. The number of rotatable bonds is 5. The summed E-state index contributed by atoms with van der Waals surface area (Å²) in [5, 5.41) is 23.5. The molecular formula is C19H20F6N4OS. The van der Waals surface area contributed by atoms with Crippen LogP contribution >= 0.6 is 11.5 Å². The molecule has 0 bridgehead atoms. The van der Waals surface area contributed by atoms with Crippen LogP contribution in [0.4, 0.5) is 37.0 Å². The van der Waals surface area contributed by atoms with Crippen LogP contribution in [0.15, 0.2) is 18.2 Å². The van der Waals surface area contributed by atoms with Crippen molar-refractivity contribution < 1.29 is 31.4 Å². The fraction of sp³-hybridized carbons (Fsp3) is 0.474. The Balaban J connectivity index is 1.84. The van der Waals surface area contributed by atoms with Crippen molar-refractivity contribution in [1.29, 1.82) is 5.41 Å². The fourth-order valence-electron chi connectivity index (χ4n) is 3.48. The van der Waals surface area contributed by atoms with E-state index in [4.69, 9.17) is 5.41 Å². The van der Waals surface area contributed by atoms with Crippen molar-refractivity contribution in [3.63, 3.8) is 0 Å². The second-order valence-electron chi connectivity index (χ2n) is 7.39. The van der Waals surface area contributed by atoms with Gasteiger partial charge in [-0.2, -0.15) is 30.7 Å². The summed E-state index contributed by atoms with van der Waals surface area (Å²) in [6.07, 6.45) is -4.61. The first-order valence-electron chi connectivity index (χ1n) is 9.53. The van der Waals surface area contributed by atoms with Gasteiger partial charge in [-0.05, 0) is 48.5 Å². The molecule has 0 amide bonds. The molecule has 0 unspecified atom stereocenters. The van der Waals surface area contributed by atoms with Gasteiger partial charge in [0.1, 0.15) is 16.4 Å². The Morgan fingerprint density at radius 2 is 1.61 bits per heavy atom. The lowest BCUT2D eigenvalue weighted by atomic mass is 9.89. The molecule has 5 nitrogen and oxygen atoms in total. The van der Waals surface area contributed by atoms with Crippen LogP contribution in [0.1, 0.15) is 48.8 Å². The highest BCUT2D eigenvalue weighted by Crippen LogP contribution is 2.39. The van der Waals surface area contributed by atoms with Gasteiger partial charge in [0.15, 0.2) is 0 Å². The minimum absolute atomic E-state index is 0.0318. The van der Waals surface area contributed by atoms with E-state index in [0.29, 0.717) is 36.1 Å². The lowest BCUT2D eigenvalue weighted by Crippen LogP contribution is -2.30. The Morgan fingerprint density at radius 3 is 2.16 bits per heavy atom. The predicted molar refractivity (Wildman–Crippen MR) is 105 cm³/mol. The molecule has 0 saturated heterocycles. The van der Waals surface area contributed by atoms with Gasteiger partial charge < -0.3 is 15.7 Å². The Labute approximate surface area is 178 Å². The van der Waals surface area contributed by atoms with Gasteiger partial charge in [0.25, 0.3) is 0 Å². The zero-order valence-electron chi connectivity index (χ0n) is 16.1. The molecule has 1 aliphatic carbocycles. The fourth-order valence-corrected chi connectivity index (χ4v) is 4.19. The second-order valence-corrected chi connectivity index (χ2v) is 8.16. The summed E-state index contributed by atoms with van der Waals surface area (Å²) in [7, 11) is 0. The molecule has 1 fully saturated rings. The largest absolute Gasteiger partial charge is 0.492 e. The molecule has 170 valence electrons. The van der Waals surface area contributed by atoms with Crippen LogP contribution in [0.3, 0.4) is 0 Å². The highest BCUT2D eigenvalue weighted by molar-refractivity contribution is 7.11. The molecule has 4 N–H and O–H groups in total. The number of halogens is 6. The Morgan fingerprint density at radius 1 is 1.03 bits per heavy atom. The molecule has 0 atom stereocenters. The lowest BCUT2D eigenvalue weighted by molar-refractivity contribution is -0.143. The first-order valence-corrected chi connectivity index (χ1v) is 10.3. The number of amidine groups is 1. The third-order valence-electron chi connectivity index (χ3n) is 5.06. The quantitative estimate of drug-likeness (QED) is 0.243. The van der Waals surface area contributed by atoms with E-state index in [-0.39, 0.29) is 22.5 Å². The number of hydrogen-bond acceptors (Lipinski definition) is 5. The van der Waals surface area contributed by atoms with E-state index in [9.17, 15) is 31.4 Å². The van der Waals surface area contributed by atoms with E-state index < -0.39 is 35.0 Å². The molecular weight excluding hydrogens is 446 g/mol. The van der Waals surface area contributed by atoms with Gasteiger partial charge >= 0.3 is 12.4 Å². The topological polar surface area (TPSA) is 81.0 Å². The number of hydrogen-bond donors (Lipinski definition) is 4. The number of aromatic hydroxyl groups is 1. The summed E-state index contributed by atoms with van der Waals surface area (Å²) in [5.41, 5.74) is -3.52. The number of aromatic nitrogens is 1. The second kappa shape index (κ2) is 8.93. The Hall–Kier alpha value is -2.50. The number of nitrogens with zero attached hydrogens (tertiary/aromatic N) is 1. The summed E-state index contributed by atoms with van der Waals surface area (Å²) in [4.78, 5) is 0. The van der Waals surface area contributed by atoms with Gasteiger partial charge in [0.05, 0.1) is 11.1 Å². The van der Waals surface area contributed by atoms with Crippen LogP contribution in [-0.4, -0.2) is 21.9 Å². The molecule has 0 aliphatic heterocycles. The van der Waals surface area contributed by atoms with Crippen molar-refractivity contribution in [2.45, 2.75) is 44.5 Å². The molecule has 1 heterocycles. The average Bonchev–Trinajstić information content (AvgIpc) is 3.05. The van der Waals surface area contributed by atoms with Gasteiger partial charge in [-0.1, -0.05) is 19.3 Å². The standard InChI is InChI=1S/C19H20F6N4OS/c20-18(21,22)11-6-12(19(23,24)25)8-13(7-11)28-17-14(16(30)29-31-17)15(26)27-9-10-4-2-1-3-5-10/h6-8,10,28H,1-5,9H2,(H2,26,27)(H,29,30). The van der Waals surface area contributed by atoms with Crippen molar-refractivity contribution in [3.05, 3.63) is 34.9 Å². The van der Waals surface area contributed by atoms with Crippen LogP contribution < -0.4 is 10.6 Å². The monoisotopic (exact) mass is 466 g/mol. The van der Waals surface area contributed by atoms with Crippen LogP contribution in [0, 0.1) is 11.3 Å². The summed E-state index contributed by atoms with van der Waals surface area (Å²) in [6.45, 7) is 0.481. The number of nitrogens with one attached hydrogen (secondary N) is 3. The smallest absolute Gasteiger partial charge is 0.416 e. The summed E-state index contributed by atoms with van der Waals surface area (Å²) in [5.74, 6) is -0.379. The van der Waals surface area contributed by atoms with Crippen molar-refractivity contribution in [2.75, 3.05) is 11.9 Å². The molecule has 1 aromatic carbocycles. The zero-order valence-corrected chi connectivity index (χ0v) is 16.9. The zero-order chi connectivity index (χ0) is 22.8. The van der Waals surface area contributed by atoms with Crippen LogP contribution in [-0.2, 0) is 12.4 Å². The molecule has 0 spiro atoms. The van der Waals surface area contributed by atoms with E-state index >= 15 is 0 Å². The van der Waals surface area contributed by atoms with Crippen molar-refractivity contribution >= 4 is 28.1 Å². The number of anilines is 2. The summed E-state index contributed by atoms with van der Waals surface area (Å²) in [6, 6.07) is 1.10. The Kier molecular flexibility index (Phi) is 6.68. The lowest BCUT2D eigenvalue weighted by Gasteiger charge is -2.22. The highest BCUT2D eigenvalue weighted by atomic mass is 32.1. The van der Waals surface area contributed by atoms with Gasteiger partial charge in [-0.3, -0.25) is 5.41 Å². The minimum atomic E-state index is -4.98. The van der Waals surface area contributed by atoms with Gasteiger partial charge in [-0.15, -0.1) is 0 Å². The van der Waals surface area contributed by atoms with Crippen molar-refractivity contribution in [1.82, 2.24) is 9.69 Å². The molecule has 31 heavy (non-hydrogen) atoms. The number of alkyl halides is 6. The highest BCUT2D eigenvalue weighted by Gasteiger charge is 2.37. The number of benzene rings is 1. The molecule has 1 aliphatic rings. The first-order chi connectivity index (χ1) is 14.4. The maximum absolute atomic E-state index is 13.1. The average molecular weight is 466 g/mol. The van der Waals surface area contributed by atoms with E-state index in [1.54, 1.807) is 0 Å². The maximum Gasteiger partial charge on any atom is 0.416 e. The molecule has 1 aromatic heterocycles. The van der Waals surface area contributed by atoms with E-state index in [1.165, 1.54) is 0 Å². The predicted octanol–water partition coefficient (Wildman–Crippen LogP) is 6.13. The maximum atomic E-state index is 13.1. The summed E-state index contributed by atoms with van der Waals surface area (Å²) >= 11 is 0.633. The molecule has 2 aromatic rings. The molecule has 3 rings (SSSR count). The normalized spacial score (nSPS) is 15.7. The van der Waals surface area contributed by atoms with Gasteiger partial charge in [0, 0.05) is 12.2 Å². The van der Waals surface area contributed by atoms with Gasteiger partial charge in [-0.25, -0.2) is 0 Å². The van der Waals surface area contributed by atoms with Crippen molar-refractivity contribution in [3.8, 4) is 5.88 Å². The first kappa shape index (κ1) is 23.2. The Bertz CT molecular complexity index is 902. The van der Waals surface area contributed by atoms with Crippen LogP contribution in [0.5, 0.6) is 5.88 Å². The molecule has 1 saturated carbocycles. The third-order valence-corrected chi connectivity index (χ3v) is 5.81. The third kappa shape index (κ3) is 5.81. The molecule has 12 heteroatoms. The van der Waals surface area contributed by atoms with E-state index in [1.807, 2.05) is 0 Å². The van der Waals surface area contributed by atoms with Crippen molar-refractivity contribution in [2.24, 2.45) is 5.92 Å². The summed E-state index contributed by atoms with van der Waals surface area (Å²) < 4.78 is 82.1. The van der Waals surface area contributed by atoms with Crippen LogP contribution in [0.25, 0.3) is 0 Å². The van der Waals surface area contributed by atoms with Crippen LogP contribution in [0.2, 0.25) is 0 Å².